The van der Waals surface area contributed by atoms with Gasteiger partial charge in [-0.15, -0.1) is 11.8 Å². The molecule has 2 aliphatic heterocycles. The molecule has 15 nitrogen and oxygen atoms in total. The topological polar surface area (TPSA) is 218 Å². The van der Waals surface area contributed by atoms with Crippen LogP contribution >= 0.6 is 11.8 Å². The lowest BCUT2D eigenvalue weighted by molar-refractivity contribution is -0.136. The van der Waals surface area contributed by atoms with Crippen molar-refractivity contribution in [3.8, 4) is 0 Å². The van der Waals surface area contributed by atoms with Gasteiger partial charge in [-0.25, -0.2) is 0 Å². The summed E-state index contributed by atoms with van der Waals surface area (Å²) in [5.74, 6) is -3.56. The lowest BCUT2D eigenvalue weighted by atomic mass is 9.97. The number of benzene rings is 2. The van der Waals surface area contributed by atoms with Crippen LogP contribution in [0.15, 0.2) is 60.9 Å². The van der Waals surface area contributed by atoms with E-state index in [-0.39, 0.29) is 48.3 Å². The van der Waals surface area contributed by atoms with Crippen molar-refractivity contribution < 1.29 is 28.8 Å². The normalized spacial score (nSPS) is 26.3. The molecule has 2 bridgehead atoms. The molecule has 4 heterocycles. The van der Waals surface area contributed by atoms with Gasteiger partial charge in [-0.2, -0.15) is 0 Å². The average molecular weight is 870 g/mol. The van der Waals surface area contributed by atoms with Gasteiger partial charge in [0.15, 0.2) is 0 Å². The predicted molar refractivity (Wildman–Crippen MR) is 243 cm³/mol. The molecule has 2 aromatic carbocycles. The molecule has 0 saturated carbocycles. The van der Waals surface area contributed by atoms with Crippen molar-refractivity contribution in [1.82, 2.24) is 47.2 Å². The Labute approximate surface area is 367 Å². The minimum atomic E-state index is -1.14. The number of carbonyl (C=O) groups excluding carboxylic acids is 6. The smallest absolute Gasteiger partial charge is 0.243 e. The number of aromatic amines is 2. The first-order valence-corrected chi connectivity index (χ1v) is 22.8. The van der Waals surface area contributed by atoms with E-state index < -0.39 is 77.7 Å². The number of carbonyl (C=O) groups is 6. The van der Waals surface area contributed by atoms with E-state index in [9.17, 15) is 28.8 Å². The molecule has 2 fully saturated rings. The van der Waals surface area contributed by atoms with Crippen molar-refractivity contribution >= 4 is 69.0 Å². The standard InChI is InChI=1S/C46H63N9O6S/c1-23(2)17-33-41(57)53-37(24(3)4)44(60)51-35(19-28-21-48-32-16-12-10-14-30(28)32)42(58)55-39(26(7)8)46-52-36(22-62-46)43(59)54-38(25(5)6)45(61)50-34(40(56)49-33)18-27-20-47-31-15-11-9-13-29(27)31/h9-16,20-21,23-26,33-39,46-48,52H,17-19,22H2,1-8H3,(H,49,56)(H,50,61)(H,51,60)(H,53,57)(H,54,59)(H,55,58)/t33-,34+,35-,36+,37+,38-,39+,46?/m1/s1. The van der Waals surface area contributed by atoms with Gasteiger partial charge in [-0.1, -0.05) is 91.8 Å². The number of thioether (sulfide) groups is 1. The van der Waals surface area contributed by atoms with Crippen LogP contribution in [0.25, 0.3) is 21.8 Å². The fourth-order valence-corrected chi connectivity index (χ4v) is 9.74. The van der Waals surface area contributed by atoms with Crippen molar-refractivity contribution in [2.45, 2.75) is 122 Å². The molecule has 0 radical (unpaired) electrons. The summed E-state index contributed by atoms with van der Waals surface area (Å²) in [5, 5.41) is 22.7. The van der Waals surface area contributed by atoms with Gasteiger partial charge in [0.25, 0.3) is 0 Å². The summed E-state index contributed by atoms with van der Waals surface area (Å²) in [6, 6.07) is 8.90. The molecule has 6 amide bonds. The fraction of sp³-hybridized carbons (Fsp3) is 0.522. The Bertz CT molecular complexity index is 2250. The zero-order chi connectivity index (χ0) is 44.8. The zero-order valence-corrected chi connectivity index (χ0v) is 37.7. The van der Waals surface area contributed by atoms with Crippen molar-refractivity contribution in [2.24, 2.45) is 23.7 Å². The maximum absolute atomic E-state index is 14.5. The first-order chi connectivity index (χ1) is 29.5. The van der Waals surface area contributed by atoms with Crippen LogP contribution in [0.1, 0.15) is 72.9 Å². The molecule has 2 saturated heterocycles. The maximum atomic E-state index is 14.5. The van der Waals surface area contributed by atoms with Crippen molar-refractivity contribution in [1.29, 1.82) is 0 Å². The minimum Gasteiger partial charge on any atom is -0.361 e. The lowest BCUT2D eigenvalue weighted by Gasteiger charge is -2.31. The monoisotopic (exact) mass is 869 g/mol. The number of nitrogens with one attached hydrogen (secondary N) is 9. The second-order valence-corrected chi connectivity index (χ2v) is 19.3. The highest BCUT2D eigenvalue weighted by Gasteiger charge is 2.40. The number of hydrogen-bond donors (Lipinski definition) is 9. The summed E-state index contributed by atoms with van der Waals surface area (Å²) in [6.45, 7) is 15.1. The van der Waals surface area contributed by atoms with E-state index in [1.54, 1.807) is 20.0 Å². The molecule has 62 heavy (non-hydrogen) atoms. The number of H-pyrrole nitrogens is 2. The van der Waals surface area contributed by atoms with E-state index in [0.29, 0.717) is 5.75 Å². The van der Waals surface area contributed by atoms with Crippen molar-refractivity contribution in [2.75, 3.05) is 5.75 Å². The van der Waals surface area contributed by atoms with Crippen molar-refractivity contribution in [3.05, 3.63) is 72.1 Å². The molecule has 4 aromatic rings. The molecule has 6 rings (SSSR count). The van der Waals surface area contributed by atoms with E-state index in [1.165, 1.54) is 11.8 Å². The zero-order valence-electron chi connectivity index (χ0n) is 36.9. The van der Waals surface area contributed by atoms with Crippen LogP contribution < -0.4 is 37.2 Å². The quantitative estimate of drug-likeness (QED) is 0.121. The van der Waals surface area contributed by atoms with E-state index in [1.807, 2.05) is 96.3 Å². The molecule has 334 valence electrons. The highest BCUT2D eigenvalue weighted by Crippen LogP contribution is 2.27. The third-order valence-corrected chi connectivity index (χ3v) is 13.1. The Morgan fingerprint density at radius 1 is 0.532 bits per heavy atom. The van der Waals surface area contributed by atoms with Gasteiger partial charge >= 0.3 is 0 Å². The number of hydrogen-bond acceptors (Lipinski definition) is 8. The average Bonchev–Trinajstić information content (AvgIpc) is 3.98. The van der Waals surface area contributed by atoms with Gasteiger partial charge < -0.3 is 41.9 Å². The Morgan fingerprint density at radius 3 is 1.47 bits per heavy atom. The molecular formula is C46H63N9O6S. The molecule has 8 atom stereocenters. The molecular weight excluding hydrogens is 807 g/mol. The van der Waals surface area contributed by atoms with Crippen molar-refractivity contribution in [3.63, 3.8) is 0 Å². The summed E-state index contributed by atoms with van der Waals surface area (Å²) in [5.41, 5.74) is 3.35. The Balaban J connectivity index is 1.37. The Kier molecular flexibility index (Phi) is 15.1. The van der Waals surface area contributed by atoms with Crippen LogP contribution in [0, 0.1) is 23.7 Å². The Hall–Kier alpha value is -5.35. The van der Waals surface area contributed by atoms with Crippen LogP contribution in [0.2, 0.25) is 0 Å². The van der Waals surface area contributed by atoms with Gasteiger partial charge in [0.1, 0.15) is 30.2 Å². The molecule has 0 aliphatic carbocycles. The van der Waals surface area contributed by atoms with Gasteiger partial charge in [0, 0.05) is 52.8 Å². The first kappa shape index (κ1) is 46.2. The summed E-state index contributed by atoms with van der Waals surface area (Å²) in [6.07, 6.45) is 4.11. The second-order valence-electron chi connectivity index (χ2n) is 18.2. The highest BCUT2D eigenvalue weighted by molar-refractivity contribution is 8.00. The van der Waals surface area contributed by atoms with E-state index in [2.05, 4.69) is 47.2 Å². The molecule has 0 spiro atoms. The largest absolute Gasteiger partial charge is 0.361 e. The fourth-order valence-electron chi connectivity index (χ4n) is 8.25. The van der Waals surface area contributed by atoms with Crippen LogP contribution in [-0.4, -0.2) is 98.8 Å². The lowest BCUT2D eigenvalue weighted by Crippen LogP contribution is -2.61. The van der Waals surface area contributed by atoms with Gasteiger partial charge in [0.2, 0.25) is 35.4 Å². The molecule has 16 heteroatoms. The van der Waals surface area contributed by atoms with Crippen LogP contribution in [0.5, 0.6) is 0 Å². The number of para-hydroxylation sites is 2. The summed E-state index contributed by atoms with van der Waals surface area (Å²) < 4.78 is 0. The number of aromatic nitrogens is 2. The van der Waals surface area contributed by atoms with Gasteiger partial charge in [-0.3, -0.25) is 34.1 Å². The maximum Gasteiger partial charge on any atom is 0.243 e. The van der Waals surface area contributed by atoms with E-state index in [0.717, 1.165) is 32.9 Å². The van der Waals surface area contributed by atoms with E-state index in [4.69, 9.17) is 0 Å². The molecule has 1 unspecified atom stereocenters. The first-order valence-electron chi connectivity index (χ1n) is 21.8. The molecule has 2 aromatic heterocycles. The van der Waals surface area contributed by atoms with Crippen LogP contribution in [0.3, 0.4) is 0 Å². The summed E-state index contributed by atoms with van der Waals surface area (Å²) >= 11 is 1.50. The summed E-state index contributed by atoms with van der Waals surface area (Å²) in [4.78, 5) is 92.3. The number of amides is 6. The Morgan fingerprint density at radius 2 is 0.984 bits per heavy atom. The van der Waals surface area contributed by atoms with Crippen LogP contribution in [-0.2, 0) is 41.6 Å². The van der Waals surface area contributed by atoms with Crippen LogP contribution in [0.4, 0.5) is 0 Å². The molecule has 2 aliphatic rings. The summed E-state index contributed by atoms with van der Waals surface area (Å²) in [7, 11) is 0. The minimum absolute atomic E-state index is 0.0469. The molecule has 9 N–H and O–H groups in total. The van der Waals surface area contributed by atoms with E-state index >= 15 is 0 Å². The predicted octanol–water partition coefficient (Wildman–Crippen LogP) is 3.40. The van der Waals surface area contributed by atoms with Gasteiger partial charge in [0.05, 0.1) is 17.5 Å². The highest BCUT2D eigenvalue weighted by atomic mass is 32.2. The SMILES string of the molecule is CC(C)C[C@H]1NC(=O)[C@H](Cc2c[nH]c3ccccc23)NC(=O)[C@@H](C(C)C)NC(=O)[C@@H]2CSC(N2)[C@H](C(C)C)NC(=O)[C@@H](Cc2c[nH]c3ccccc23)NC(=O)[C@H](C(C)C)NC1=O. The van der Waals surface area contributed by atoms with Gasteiger partial charge in [-0.05, 0) is 53.4 Å². The number of rotatable bonds is 9. The second kappa shape index (κ2) is 20.2. The number of fused-ring (bicyclic) bond motifs is 4. The third kappa shape index (κ3) is 11.0. The third-order valence-electron chi connectivity index (χ3n) is 11.8.